The number of sulfonamides is 1. The third-order valence-electron chi connectivity index (χ3n) is 7.37. The molecule has 212 valence electrons. The first kappa shape index (κ1) is 28.0. The molecule has 0 spiro atoms. The van der Waals surface area contributed by atoms with Crippen LogP contribution in [-0.4, -0.2) is 92.8 Å². The zero-order valence-corrected chi connectivity index (χ0v) is 23.7. The van der Waals surface area contributed by atoms with Gasteiger partial charge in [0, 0.05) is 44.9 Å². The monoisotopic (exact) mass is 565 g/mol. The van der Waals surface area contributed by atoms with Crippen molar-refractivity contribution in [3.63, 3.8) is 0 Å². The lowest BCUT2D eigenvalue weighted by Gasteiger charge is -2.36. The molecule has 2 fully saturated rings. The lowest BCUT2D eigenvalue weighted by molar-refractivity contribution is -0.131. The van der Waals surface area contributed by atoms with Crippen LogP contribution in [0.5, 0.6) is 5.75 Å². The SMILES string of the molecule is COc1cccc(-c2ccc(N3CCN(C(=O)CN(CC4CCCO4)S(=O)(=O)c4ccc(C)cc4)CC3)nn2)c1. The number of aromatic nitrogens is 2. The molecule has 0 saturated carbocycles. The number of methoxy groups -OCH3 is 1. The maximum absolute atomic E-state index is 13.5. The van der Waals surface area contributed by atoms with Crippen LogP contribution in [0.2, 0.25) is 0 Å². The molecule has 0 bridgehead atoms. The highest BCUT2D eigenvalue weighted by Gasteiger charge is 2.33. The molecule has 0 aliphatic carbocycles. The number of nitrogens with zero attached hydrogens (tertiary/aromatic N) is 5. The van der Waals surface area contributed by atoms with Crippen LogP contribution in [0.1, 0.15) is 18.4 Å². The second kappa shape index (κ2) is 12.3. The topological polar surface area (TPSA) is 105 Å². The normalized spacial score (nSPS) is 17.8. The third kappa shape index (κ3) is 6.43. The number of anilines is 1. The summed E-state index contributed by atoms with van der Waals surface area (Å²) in [4.78, 5) is 17.3. The highest BCUT2D eigenvalue weighted by molar-refractivity contribution is 7.89. The fraction of sp³-hybridized carbons (Fsp3) is 0.414. The van der Waals surface area contributed by atoms with Crippen LogP contribution in [0.15, 0.2) is 65.6 Å². The summed E-state index contributed by atoms with van der Waals surface area (Å²) in [5, 5.41) is 8.80. The number of carbonyl (C=O) groups excluding carboxylic acids is 1. The van der Waals surface area contributed by atoms with Crippen molar-refractivity contribution in [2.75, 3.05) is 57.9 Å². The van der Waals surface area contributed by atoms with Gasteiger partial charge in [-0.3, -0.25) is 4.79 Å². The standard InChI is InChI=1S/C29H35N5O5S/c1-22-8-10-26(11-9-22)40(36,37)34(20-25-7-4-18-39-25)21-29(35)33-16-14-32(15-17-33)28-13-12-27(30-31-28)23-5-3-6-24(19-23)38-2/h3,5-6,8-13,19,25H,4,7,14-18,20-21H2,1-2H3. The first-order valence-electron chi connectivity index (χ1n) is 13.5. The molecule has 1 aromatic heterocycles. The minimum atomic E-state index is -3.86. The molecule has 2 aliphatic heterocycles. The van der Waals surface area contributed by atoms with Gasteiger partial charge < -0.3 is 19.3 Å². The van der Waals surface area contributed by atoms with Crippen molar-refractivity contribution in [3.8, 4) is 17.0 Å². The zero-order chi connectivity index (χ0) is 28.1. The molecule has 11 heteroatoms. The Kier molecular flexibility index (Phi) is 8.63. The van der Waals surface area contributed by atoms with Gasteiger partial charge in [-0.25, -0.2) is 8.42 Å². The lowest BCUT2D eigenvalue weighted by atomic mass is 10.1. The van der Waals surface area contributed by atoms with Crippen molar-refractivity contribution in [1.29, 1.82) is 0 Å². The Morgan fingerprint density at radius 2 is 1.82 bits per heavy atom. The maximum atomic E-state index is 13.5. The predicted molar refractivity (Wildman–Crippen MR) is 152 cm³/mol. The second-order valence-electron chi connectivity index (χ2n) is 10.1. The van der Waals surface area contributed by atoms with Gasteiger partial charge in [-0.05, 0) is 56.2 Å². The van der Waals surface area contributed by atoms with Crippen LogP contribution >= 0.6 is 0 Å². The van der Waals surface area contributed by atoms with E-state index in [4.69, 9.17) is 9.47 Å². The Balaban J connectivity index is 1.22. The van der Waals surface area contributed by atoms with E-state index in [1.165, 1.54) is 4.31 Å². The lowest BCUT2D eigenvalue weighted by Crippen LogP contribution is -2.52. The van der Waals surface area contributed by atoms with E-state index in [1.54, 1.807) is 36.3 Å². The molecule has 2 aliphatic rings. The van der Waals surface area contributed by atoms with Gasteiger partial charge in [-0.1, -0.05) is 29.8 Å². The average molecular weight is 566 g/mol. The maximum Gasteiger partial charge on any atom is 0.243 e. The highest BCUT2D eigenvalue weighted by Crippen LogP contribution is 2.24. The van der Waals surface area contributed by atoms with Gasteiger partial charge in [0.2, 0.25) is 15.9 Å². The summed E-state index contributed by atoms with van der Waals surface area (Å²) in [5.74, 6) is 1.28. The van der Waals surface area contributed by atoms with Gasteiger partial charge in [0.15, 0.2) is 5.82 Å². The number of piperazine rings is 1. The average Bonchev–Trinajstić information content (AvgIpc) is 3.50. The molecule has 40 heavy (non-hydrogen) atoms. The van der Waals surface area contributed by atoms with Crippen molar-refractivity contribution >= 4 is 21.7 Å². The molecule has 5 rings (SSSR count). The quantitative estimate of drug-likeness (QED) is 0.390. The number of carbonyl (C=O) groups is 1. The molecule has 1 amide bonds. The second-order valence-corrected chi connectivity index (χ2v) is 12.1. The van der Waals surface area contributed by atoms with Gasteiger partial charge in [0.1, 0.15) is 5.75 Å². The summed E-state index contributed by atoms with van der Waals surface area (Å²) in [5.41, 5.74) is 2.64. The van der Waals surface area contributed by atoms with Crippen molar-refractivity contribution in [3.05, 3.63) is 66.2 Å². The van der Waals surface area contributed by atoms with Crippen LogP contribution in [0.3, 0.4) is 0 Å². The van der Waals surface area contributed by atoms with Crippen LogP contribution in [0.25, 0.3) is 11.3 Å². The minimum Gasteiger partial charge on any atom is -0.497 e. The van der Waals surface area contributed by atoms with Crippen molar-refractivity contribution < 1.29 is 22.7 Å². The van der Waals surface area contributed by atoms with E-state index < -0.39 is 10.0 Å². The molecule has 1 unspecified atom stereocenters. The Labute approximate surface area is 235 Å². The molecule has 3 heterocycles. The summed E-state index contributed by atoms with van der Waals surface area (Å²) in [6.45, 7) is 4.56. The number of hydrogen-bond donors (Lipinski definition) is 0. The van der Waals surface area contributed by atoms with E-state index in [-0.39, 0.29) is 30.0 Å². The fourth-order valence-electron chi connectivity index (χ4n) is 4.99. The number of benzene rings is 2. The van der Waals surface area contributed by atoms with Crippen molar-refractivity contribution in [1.82, 2.24) is 19.4 Å². The van der Waals surface area contributed by atoms with E-state index in [0.717, 1.165) is 41.2 Å². The van der Waals surface area contributed by atoms with Gasteiger partial charge in [0.05, 0.1) is 30.3 Å². The molecular weight excluding hydrogens is 530 g/mol. The van der Waals surface area contributed by atoms with Crippen LogP contribution in [0, 0.1) is 6.92 Å². The van der Waals surface area contributed by atoms with E-state index in [0.29, 0.717) is 32.8 Å². The fourth-order valence-corrected chi connectivity index (χ4v) is 6.41. The predicted octanol–water partition coefficient (Wildman–Crippen LogP) is 2.98. The molecule has 0 radical (unpaired) electrons. The molecule has 2 aromatic carbocycles. The summed E-state index contributed by atoms with van der Waals surface area (Å²) < 4.78 is 39.3. The Morgan fingerprint density at radius 3 is 2.48 bits per heavy atom. The number of ether oxygens (including phenoxy) is 2. The Morgan fingerprint density at radius 1 is 1.05 bits per heavy atom. The Bertz CT molecular complexity index is 1400. The first-order chi connectivity index (χ1) is 19.3. The molecule has 3 aromatic rings. The van der Waals surface area contributed by atoms with Crippen LogP contribution in [-0.2, 0) is 19.6 Å². The Hall–Kier alpha value is -3.54. The van der Waals surface area contributed by atoms with Gasteiger partial charge in [-0.2, -0.15) is 4.31 Å². The van der Waals surface area contributed by atoms with E-state index in [2.05, 4.69) is 15.1 Å². The largest absolute Gasteiger partial charge is 0.497 e. The van der Waals surface area contributed by atoms with Crippen LogP contribution < -0.4 is 9.64 Å². The smallest absolute Gasteiger partial charge is 0.243 e. The molecule has 0 N–H and O–H groups in total. The minimum absolute atomic E-state index is 0.164. The van der Waals surface area contributed by atoms with Gasteiger partial charge in [0.25, 0.3) is 0 Å². The molecule has 10 nitrogen and oxygen atoms in total. The van der Waals surface area contributed by atoms with E-state index in [1.807, 2.05) is 43.3 Å². The van der Waals surface area contributed by atoms with Crippen molar-refractivity contribution in [2.24, 2.45) is 0 Å². The molecule has 2 saturated heterocycles. The third-order valence-corrected chi connectivity index (χ3v) is 9.20. The number of hydrogen-bond acceptors (Lipinski definition) is 8. The van der Waals surface area contributed by atoms with Crippen molar-refractivity contribution in [2.45, 2.75) is 30.8 Å². The number of rotatable bonds is 9. The first-order valence-corrected chi connectivity index (χ1v) is 15.0. The summed E-state index contributed by atoms with van der Waals surface area (Å²) >= 11 is 0. The molecular formula is C29H35N5O5S. The summed E-state index contributed by atoms with van der Waals surface area (Å²) in [6, 6.07) is 18.2. The van der Waals surface area contributed by atoms with E-state index >= 15 is 0 Å². The molecule has 1 atom stereocenters. The number of aryl methyl sites for hydroxylation is 1. The van der Waals surface area contributed by atoms with Gasteiger partial charge in [-0.15, -0.1) is 10.2 Å². The summed E-state index contributed by atoms with van der Waals surface area (Å²) in [6.07, 6.45) is 1.47. The van der Waals surface area contributed by atoms with Gasteiger partial charge >= 0.3 is 0 Å². The summed E-state index contributed by atoms with van der Waals surface area (Å²) in [7, 11) is -2.23. The van der Waals surface area contributed by atoms with E-state index in [9.17, 15) is 13.2 Å². The number of amides is 1. The van der Waals surface area contributed by atoms with Crippen LogP contribution in [0.4, 0.5) is 5.82 Å². The highest BCUT2D eigenvalue weighted by atomic mass is 32.2. The zero-order valence-electron chi connectivity index (χ0n) is 22.9.